The highest BCUT2D eigenvalue weighted by Gasteiger charge is 2.28. The molecular weight excluding hydrogens is 546 g/mol. The summed E-state index contributed by atoms with van der Waals surface area (Å²) in [5, 5.41) is 14.0. The fourth-order valence-electron chi connectivity index (χ4n) is 5.77. The van der Waals surface area contributed by atoms with E-state index in [0.29, 0.717) is 55.4 Å². The van der Waals surface area contributed by atoms with E-state index in [2.05, 4.69) is 33.9 Å². The number of hydrazine groups is 1. The van der Waals surface area contributed by atoms with Crippen LogP contribution in [0.4, 0.5) is 0 Å². The van der Waals surface area contributed by atoms with Gasteiger partial charge in [0.25, 0.3) is 11.5 Å². The SMILES string of the molecule is CCCc1c(Cc2ccc(-c3ccccc3C#N)cc2)c(=O)n(C2CCC(OCC(=O)NNC(C)=O)CC2)c2ncnn12. The number of aromatic nitrogens is 4. The Balaban J connectivity index is 1.38. The van der Waals surface area contributed by atoms with E-state index in [1.807, 2.05) is 47.0 Å². The van der Waals surface area contributed by atoms with Gasteiger partial charge in [-0.15, -0.1) is 0 Å². The van der Waals surface area contributed by atoms with Gasteiger partial charge in [-0.25, -0.2) is 4.52 Å². The van der Waals surface area contributed by atoms with E-state index in [4.69, 9.17) is 4.74 Å². The summed E-state index contributed by atoms with van der Waals surface area (Å²) in [7, 11) is 0. The second-order valence-corrected chi connectivity index (χ2v) is 10.8. The summed E-state index contributed by atoms with van der Waals surface area (Å²) in [5.74, 6) is -0.237. The molecule has 0 aliphatic heterocycles. The summed E-state index contributed by atoms with van der Waals surface area (Å²) in [4.78, 5) is 41.6. The summed E-state index contributed by atoms with van der Waals surface area (Å²) >= 11 is 0. The molecule has 0 unspecified atom stereocenters. The van der Waals surface area contributed by atoms with Gasteiger partial charge in [0.05, 0.1) is 23.4 Å². The number of carbonyl (C=O) groups is 2. The molecule has 0 spiro atoms. The van der Waals surface area contributed by atoms with Crippen molar-refractivity contribution < 1.29 is 14.3 Å². The molecule has 5 rings (SSSR count). The third-order valence-electron chi connectivity index (χ3n) is 7.84. The van der Waals surface area contributed by atoms with Crippen LogP contribution in [-0.4, -0.2) is 43.7 Å². The van der Waals surface area contributed by atoms with Crippen molar-refractivity contribution in [3.8, 4) is 17.2 Å². The number of hydrogen-bond donors (Lipinski definition) is 2. The number of nitrogens with zero attached hydrogens (tertiary/aromatic N) is 5. The molecule has 43 heavy (non-hydrogen) atoms. The Hall–Kier alpha value is -4.82. The highest BCUT2D eigenvalue weighted by molar-refractivity contribution is 5.81. The Bertz CT molecular complexity index is 1710. The van der Waals surface area contributed by atoms with E-state index in [1.54, 1.807) is 10.6 Å². The summed E-state index contributed by atoms with van der Waals surface area (Å²) in [6.45, 7) is 3.24. The fourth-order valence-corrected chi connectivity index (χ4v) is 5.77. The first-order valence-corrected chi connectivity index (χ1v) is 14.6. The van der Waals surface area contributed by atoms with Crippen LogP contribution in [0.15, 0.2) is 59.7 Å². The standard InChI is InChI=1S/C32H35N7O4/c1-3-6-29-28(17-22-9-11-23(12-10-22)27-8-5-4-7-24(27)18-33)31(42)38(32-34-20-35-39(29)32)25-13-15-26(16-14-25)43-19-30(41)37-36-21(2)40/h4-5,7-12,20,25-26H,3,6,13-17,19H2,1-2H3,(H,36,40)(H,37,41). The molecule has 4 aromatic rings. The van der Waals surface area contributed by atoms with Crippen LogP contribution in [0, 0.1) is 11.3 Å². The molecule has 11 nitrogen and oxygen atoms in total. The van der Waals surface area contributed by atoms with Crippen LogP contribution in [0.25, 0.3) is 16.9 Å². The summed E-state index contributed by atoms with van der Waals surface area (Å²) in [6.07, 6.45) is 6.13. The number of benzene rings is 2. The first-order chi connectivity index (χ1) is 20.9. The molecule has 2 heterocycles. The maximum Gasteiger partial charge on any atom is 0.264 e. The molecule has 222 valence electrons. The number of nitriles is 1. The Labute approximate surface area is 249 Å². The number of aryl methyl sites for hydroxylation is 1. The third kappa shape index (κ3) is 6.65. The van der Waals surface area contributed by atoms with Crippen LogP contribution in [0.3, 0.4) is 0 Å². The van der Waals surface area contributed by atoms with Crippen molar-refractivity contribution in [1.29, 1.82) is 5.26 Å². The molecule has 2 amide bonds. The number of ether oxygens (including phenoxy) is 1. The minimum absolute atomic E-state index is 0.0538. The van der Waals surface area contributed by atoms with Gasteiger partial charge in [-0.3, -0.25) is 29.8 Å². The van der Waals surface area contributed by atoms with Gasteiger partial charge in [-0.2, -0.15) is 15.3 Å². The van der Waals surface area contributed by atoms with Crippen LogP contribution < -0.4 is 16.4 Å². The molecular formula is C32H35N7O4. The molecule has 0 bridgehead atoms. The molecule has 2 aromatic heterocycles. The quantitative estimate of drug-likeness (QED) is 0.287. The lowest BCUT2D eigenvalue weighted by molar-refractivity contribution is -0.133. The number of carbonyl (C=O) groups excluding carboxylic acids is 2. The number of hydrogen-bond acceptors (Lipinski definition) is 7. The number of nitrogens with one attached hydrogen (secondary N) is 2. The monoisotopic (exact) mass is 581 g/mol. The van der Waals surface area contributed by atoms with Crippen molar-refractivity contribution in [2.75, 3.05) is 6.61 Å². The predicted molar refractivity (Wildman–Crippen MR) is 160 cm³/mol. The highest BCUT2D eigenvalue weighted by atomic mass is 16.5. The van der Waals surface area contributed by atoms with Crippen molar-refractivity contribution in [3.63, 3.8) is 0 Å². The van der Waals surface area contributed by atoms with Crippen molar-refractivity contribution in [2.24, 2.45) is 0 Å². The van der Waals surface area contributed by atoms with E-state index in [9.17, 15) is 19.6 Å². The van der Waals surface area contributed by atoms with Gasteiger partial charge in [0.1, 0.15) is 12.9 Å². The second kappa shape index (κ2) is 13.4. The lowest BCUT2D eigenvalue weighted by atomic mass is 9.92. The normalized spacial score (nSPS) is 16.5. The minimum atomic E-state index is -0.419. The van der Waals surface area contributed by atoms with E-state index in [0.717, 1.165) is 28.8 Å². The van der Waals surface area contributed by atoms with Gasteiger partial charge in [-0.1, -0.05) is 55.8 Å². The van der Waals surface area contributed by atoms with Gasteiger partial charge in [0.15, 0.2) is 0 Å². The van der Waals surface area contributed by atoms with E-state index >= 15 is 0 Å². The van der Waals surface area contributed by atoms with E-state index in [-0.39, 0.29) is 30.2 Å². The molecule has 2 N–H and O–H groups in total. The molecule has 11 heteroatoms. The van der Waals surface area contributed by atoms with Crippen molar-refractivity contribution in [2.45, 2.75) is 70.9 Å². The number of amides is 2. The zero-order valence-corrected chi connectivity index (χ0v) is 24.4. The van der Waals surface area contributed by atoms with Gasteiger partial charge >= 0.3 is 0 Å². The van der Waals surface area contributed by atoms with Crippen LogP contribution in [0.1, 0.15) is 74.4 Å². The van der Waals surface area contributed by atoms with E-state index in [1.165, 1.54) is 13.3 Å². The maximum absolute atomic E-state index is 14.2. The molecule has 0 saturated heterocycles. The number of rotatable bonds is 9. The summed E-state index contributed by atoms with van der Waals surface area (Å²) in [5.41, 5.74) is 9.51. The molecule has 1 fully saturated rings. The maximum atomic E-state index is 14.2. The topological polar surface area (TPSA) is 143 Å². The van der Waals surface area contributed by atoms with Gasteiger partial charge < -0.3 is 4.74 Å². The zero-order valence-electron chi connectivity index (χ0n) is 24.4. The van der Waals surface area contributed by atoms with Crippen LogP contribution in [0.5, 0.6) is 0 Å². The van der Waals surface area contributed by atoms with Crippen LogP contribution in [0.2, 0.25) is 0 Å². The third-order valence-corrected chi connectivity index (χ3v) is 7.84. The van der Waals surface area contributed by atoms with Gasteiger partial charge in [0.2, 0.25) is 11.7 Å². The largest absolute Gasteiger partial charge is 0.368 e. The Kier molecular flexibility index (Phi) is 9.27. The smallest absolute Gasteiger partial charge is 0.264 e. The van der Waals surface area contributed by atoms with E-state index < -0.39 is 5.91 Å². The molecule has 0 atom stereocenters. The fraction of sp³-hybridized carbons (Fsp3) is 0.375. The Morgan fingerprint density at radius 1 is 1.07 bits per heavy atom. The minimum Gasteiger partial charge on any atom is -0.368 e. The average molecular weight is 582 g/mol. The van der Waals surface area contributed by atoms with Crippen molar-refractivity contribution in [1.82, 2.24) is 30.0 Å². The predicted octanol–water partition coefficient (Wildman–Crippen LogP) is 3.64. The molecule has 1 aliphatic rings. The first-order valence-electron chi connectivity index (χ1n) is 14.6. The first kappa shape index (κ1) is 29.7. The molecule has 1 aliphatic carbocycles. The summed E-state index contributed by atoms with van der Waals surface area (Å²) in [6, 6.07) is 17.7. The molecule has 2 aromatic carbocycles. The summed E-state index contributed by atoms with van der Waals surface area (Å²) < 4.78 is 9.37. The Morgan fingerprint density at radius 2 is 1.81 bits per heavy atom. The lowest BCUT2D eigenvalue weighted by Crippen LogP contribution is -2.43. The van der Waals surface area contributed by atoms with Gasteiger partial charge in [-0.05, 0) is 54.9 Å². The van der Waals surface area contributed by atoms with Crippen LogP contribution >= 0.6 is 0 Å². The average Bonchev–Trinajstić information content (AvgIpc) is 3.51. The van der Waals surface area contributed by atoms with Gasteiger partial charge in [0, 0.05) is 24.9 Å². The Morgan fingerprint density at radius 3 is 2.51 bits per heavy atom. The van der Waals surface area contributed by atoms with Crippen LogP contribution in [-0.2, 0) is 27.2 Å². The second-order valence-electron chi connectivity index (χ2n) is 10.8. The zero-order chi connectivity index (χ0) is 30.3. The lowest BCUT2D eigenvalue weighted by Gasteiger charge is -2.30. The molecule has 1 saturated carbocycles. The van der Waals surface area contributed by atoms with Crippen molar-refractivity contribution in [3.05, 3.63) is 87.6 Å². The molecule has 0 radical (unpaired) electrons. The number of fused-ring (bicyclic) bond motifs is 1. The van der Waals surface area contributed by atoms with Crippen molar-refractivity contribution >= 4 is 17.6 Å². The highest BCUT2D eigenvalue weighted by Crippen LogP contribution is 2.31.